The minimum Gasteiger partial charge on any atom is -0.355 e. The standard InChI is InChI=1S/C21H20N2O2/c24-19-10-16(14-7-3-4-8-18(14)23-19)21(25)22-11-17-15-9-12-5-1-2-6-13(12)20(15)17/h1-8,15-17,20H,9-11H2,(H,22,25)(H,23,24). The first kappa shape index (κ1) is 14.7. The molecular weight excluding hydrogens is 312 g/mol. The number of benzene rings is 2. The molecule has 1 aliphatic heterocycles. The third-order valence-corrected chi connectivity index (χ3v) is 6.03. The first-order valence-electron chi connectivity index (χ1n) is 8.96. The molecule has 0 bridgehead atoms. The molecule has 2 amide bonds. The molecule has 4 heteroatoms. The average Bonchev–Trinajstić information content (AvgIpc) is 3.17. The molecule has 0 saturated heterocycles. The molecule has 1 heterocycles. The Kier molecular flexibility index (Phi) is 3.20. The van der Waals surface area contributed by atoms with E-state index in [-0.39, 0.29) is 24.2 Å². The van der Waals surface area contributed by atoms with Gasteiger partial charge in [0.25, 0.3) is 0 Å². The van der Waals surface area contributed by atoms with Crippen LogP contribution in [0.2, 0.25) is 0 Å². The van der Waals surface area contributed by atoms with E-state index in [9.17, 15) is 9.59 Å². The van der Waals surface area contributed by atoms with Crippen LogP contribution in [0, 0.1) is 11.8 Å². The molecule has 3 aliphatic rings. The fourth-order valence-corrected chi connectivity index (χ4v) is 4.75. The summed E-state index contributed by atoms with van der Waals surface area (Å²) in [6.45, 7) is 0.711. The van der Waals surface area contributed by atoms with E-state index in [1.54, 1.807) is 0 Å². The maximum Gasteiger partial charge on any atom is 0.228 e. The Hall–Kier alpha value is -2.62. The van der Waals surface area contributed by atoms with E-state index in [1.807, 2.05) is 24.3 Å². The summed E-state index contributed by atoms with van der Waals surface area (Å²) in [5, 5.41) is 5.96. The van der Waals surface area contributed by atoms with Crippen LogP contribution in [-0.4, -0.2) is 18.4 Å². The maximum atomic E-state index is 12.7. The van der Waals surface area contributed by atoms with E-state index in [1.165, 1.54) is 11.1 Å². The second kappa shape index (κ2) is 5.45. The van der Waals surface area contributed by atoms with Gasteiger partial charge in [-0.05, 0) is 46.9 Å². The van der Waals surface area contributed by atoms with Crippen LogP contribution in [0.4, 0.5) is 5.69 Å². The topological polar surface area (TPSA) is 58.2 Å². The molecule has 2 aromatic rings. The third kappa shape index (κ3) is 2.36. The Morgan fingerprint density at radius 1 is 1.04 bits per heavy atom. The van der Waals surface area contributed by atoms with Crippen molar-refractivity contribution < 1.29 is 9.59 Å². The molecule has 0 aromatic heterocycles. The number of hydrogen-bond donors (Lipinski definition) is 2. The van der Waals surface area contributed by atoms with Gasteiger partial charge in [0, 0.05) is 18.7 Å². The lowest BCUT2D eigenvalue weighted by Gasteiger charge is -2.24. The quantitative estimate of drug-likeness (QED) is 0.908. The lowest BCUT2D eigenvalue weighted by atomic mass is 9.89. The van der Waals surface area contributed by atoms with Crippen molar-refractivity contribution in [1.29, 1.82) is 0 Å². The summed E-state index contributed by atoms with van der Waals surface area (Å²) >= 11 is 0. The summed E-state index contributed by atoms with van der Waals surface area (Å²) < 4.78 is 0. The second-order valence-electron chi connectivity index (χ2n) is 7.39. The molecule has 5 rings (SSSR count). The largest absolute Gasteiger partial charge is 0.355 e. The molecule has 4 atom stereocenters. The summed E-state index contributed by atoms with van der Waals surface area (Å²) in [6, 6.07) is 16.2. The van der Waals surface area contributed by atoms with E-state index < -0.39 is 0 Å². The zero-order valence-electron chi connectivity index (χ0n) is 13.9. The van der Waals surface area contributed by atoms with Crippen LogP contribution in [0.25, 0.3) is 0 Å². The van der Waals surface area contributed by atoms with Crippen molar-refractivity contribution in [3.05, 3.63) is 65.2 Å². The molecule has 2 aliphatic carbocycles. The zero-order chi connectivity index (χ0) is 17.0. The molecule has 4 unspecified atom stereocenters. The number of amides is 2. The lowest BCUT2D eigenvalue weighted by molar-refractivity contribution is -0.126. The fraction of sp³-hybridized carbons (Fsp3) is 0.333. The van der Waals surface area contributed by atoms with Crippen LogP contribution >= 0.6 is 0 Å². The summed E-state index contributed by atoms with van der Waals surface area (Å²) in [6.07, 6.45) is 1.36. The van der Waals surface area contributed by atoms with Gasteiger partial charge in [-0.15, -0.1) is 0 Å². The molecular formula is C21H20N2O2. The summed E-state index contributed by atoms with van der Waals surface area (Å²) in [5.41, 5.74) is 4.61. The zero-order valence-corrected chi connectivity index (χ0v) is 13.9. The van der Waals surface area contributed by atoms with Gasteiger partial charge in [-0.2, -0.15) is 0 Å². The SMILES string of the molecule is O=C1CC(C(=O)NCC2C3Cc4ccccc4C23)c2ccccc2N1. The smallest absolute Gasteiger partial charge is 0.228 e. The van der Waals surface area contributed by atoms with Gasteiger partial charge in [-0.1, -0.05) is 42.5 Å². The van der Waals surface area contributed by atoms with Crippen molar-refractivity contribution in [2.75, 3.05) is 11.9 Å². The Bertz CT molecular complexity index is 876. The predicted octanol–water partition coefficient (Wildman–Crippen LogP) is 2.81. The number of carbonyl (C=O) groups excluding carboxylic acids is 2. The van der Waals surface area contributed by atoms with Crippen LogP contribution in [0.1, 0.15) is 34.9 Å². The highest BCUT2D eigenvalue weighted by molar-refractivity contribution is 6.01. The minimum absolute atomic E-state index is 0.0273. The average molecular weight is 332 g/mol. The minimum atomic E-state index is -0.379. The molecule has 25 heavy (non-hydrogen) atoms. The first-order valence-corrected chi connectivity index (χ1v) is 8.96. The van der Waals surface area contributed by atoms with Gasteiger partial charge in [-0.3, -0.25) is 9.59 Å². The molecule has 1 saturated carbocycles. The van der Waals surface area contributed by atoms with Gasteiger partial charge in [0.15, 0.2) is 0 Å². The Labute approximate surface area is 146 Å². The van der Waals surface area contributed by atoms with Crippen molar-refractivity contribution >= 4 is 17.5 Å². The summed E-state index contributed by atoms with van der Waals surface area (Å²) in [4.78, 5) is 24.6. The number of anilines is 1. The third-order valence-electron chi connectivity index (χ3n) is 6.03. The van der Waals surface area contributed by atoms with Gasteiger partial charge >= 0.3 is 0 Å². The van der Waals surface area contributed by atoms with Crippen LogP contribution in [0.15, 0.2) is 48.5 Å². The number of rotatable bonds is 3. The van der Waals surface area contributed by atoms with Crippen molar-refractivity contribution in [2.24, 2.45) is 11.8 Å². The molecule has 2 N–H and O–H groups in total. The number of nitrogens with one attached hydrogen (secondary N) is 2. The van der Waals surface area contributed by atoms with Crippen LogP contribution in [-0.2, 0) is 16.0 Å². The van der Waals surface area contributed by atoms with E-state index in [2.05, 4.69) is 34.9 Å². The molecule has 1 fully saturated rings. The Balaban J connectivity index is 1.26. The van der Waals surface area contributed by atoms with Gasteiger partial charge in [0.05, 0.1) is 5.92 Å². The van der Waals surface area contributed by atoms with Crippen LogP contribution in [0.3, 0.4) is 0 Å². The Morgan fingerprint density at radius 3 is 2.68 bits per heavy atom. The molecule has 0 spiro atoms. The first-order chi connectivity index (χ1) is 12.2. The van der Waals surface area contributed by atoms with E-state index in [0.717, 1.165) is 17.7 Å². The lowest BCUT2D eigenvalue weighted by Crippen LogP contribution is -2.36. The van der Waals surface area contributed by atoms with Gasteiger partial charge in [0.1, 0.15) is 0 Å². The van der Waals surface area contributed by atoms with Crippen LogP contribution in [0.5, 0.6) is 0 Å². The van der Waals surface area contributed by atoms with Crippen LogP contribution < -0.4 is 10.6 Å². The number of fused-ring (bicyclic) bond motifs is 4. The highest BCUT2D eigenvalue weighted by Gasteiger charge is 2.55. The number of carbonyl (C=O) groups is 2. The number of para-hydroxylation sites is 1. The van der Waals surface area contributed by atoms with Gasteiger partial charge < -0.3 is 10.6 Å². The van der Waals surface area contributed by atoms with E-state index >= 15 is 0 Å². The fourth-order valence-electron chi connectivity index (χ4n) is 4.75. The van der Waals surface area contributed by atoms with Gasteiger partial charge in [0.2, 0.25) is 11.8 Å². The monoisotopic (exact) mass is 332 g/mol. The van der Waals surface area contributed by atoms with Crippen molar-refractivity contribution in [3.63, 3.8) is 0 Å². The summed E-state index contributed by atoms with van der Waals surface area (Å²) in [7, 11) is 0. The van der Waals surface area contributed by atoms with Crippen molar-refractivity contribution in [2.45, 2.75) is 24.7 Å². The normalized spacial score (nSPS) is 28.4. The van der Waals surface area contributed by atoms with Crippen molar-refractivity contribution in [3.8, 4) is 0 Å². The molecule has 4 nitrogen and oxygen atoms in total. The molecule has 0 radical (unpaired) electrons. The van der Waals surface area contributed by atoms with Gasteiger partial charge in [-0.25, -0.2) is 0 Å². The molecule has 2 aromatic carbocycles. The number of hydrogen-bond acceptors (Lipinski definition) is 2. The molecule has 126 valence electrons. The second-order valence-corrected chi connectivity index (χ2v) is 7.39. The maximum absolute atomic E-state index is 12.7. The van der Waals surface area contributed by atoms with E-state index in [4.69, 9.17) is 0 Å². The van der Waals surface area contributed by atoms with E-state index in [0.29, 0.717) is 24.3 Å². The summed E-state index contributed by atoms with van der Waals surface area (Å²) in [5.74, 6) is 1.34. The predicted molar refractivity (Wildman–Crippen MR) is 95.3 cm³/mol. The highest BCUT2D eigenvalue weighted by Crippen LogP contribution is 2.60. The highest BCUT2D eigenvalue weighted by atomic mass is 16.2. The Morgan fingerprint density at radius 2 is 1.80 bits per heavy atom. The van der Waals surface area contributed by atoms with Crippen molar-refractivity contribution in [1.82, 2.24) is 5.32 Å².